The van der Waals surface area contributed by atoms with Crippen LogP contribution in [0.4, 0.5) is 10.5 Å². The molecule has 1 aromatic rings. The molecule has 0 bridgehead atoms. The van der Waals surface area contributed by atoms with Crippen molar-refractivity contribution in [1.29, 1.82) is 0 Å². The molecular formula is C21H32N4O2. The van der Waals surface area contributed by atoms with Crippen LogP contribution in [-0.2, 0) is 0 Å². The van der Waals surface area contributed by atoms with Crippen molar-refractivity contribution in [3.8, 4) is 0 Å². The van der Waals surface area contributed by atoms with Crippen LogP contribution >= 0.6 is 0 Å². The van der Waals surface area contributed by atoms with Crippen molar-refractivity contribution < 1.29 is 9.59 Å². The molecule has 3 rings (SSSR count). The van der Waals surface area contributed by atoms with Gasteiger partial charge < -0.3 is 16.0 Å². The highest BCUT2D eigenvalue weighted by Crippen LogP contribution is 2.36. The van der Waals surface area contributed by atoms with E-state index in [4.69, 9.17) is 0 Å². The fraction of sp³-hybridized carbons (Fsp3) is 0.619. The van der Waals surface area contributed by atoms with E-state index in [0.29, 0.717) is 24.3 Å². The third-order valence-electron chi connectivity index (χ3n) is 5.83. The number of nitrogens with zero attached hydrogens (tertiary/aromatic N) is 1. The van der Waals surface area contributed by atoms with Crippen LogP contribution in [0, 0.1) is 0 Å². The van der Waals surface area contributed by atoms with Crippen LogP contribution in [-0.4, -0.2) is 48.6 Å². The molecule has 1 aliphatic carbocycles. The zero-order valence-corrected chi connectivity index (χ0v) is 16.4. The largest absolute Gasteiger partial charge is 0.352 e. The topological polar surface area (TPSA) is 73.5 Å². The predicted octanol–water partition coefficient (Wildman–Crippen LogP) is 3.36. The summed E-state index contributed by atoms with van der Waals surface area (Å²) in [4.78, 5) is 26.9. The lowest BCUT2D eigenvalue weighted by Crippen LogP contribution is -2.53. The number of rotatable bonds is 7. The normalized spacial score (nSPS) is 19.0. The van der Waals surface area contributed by atoms with Gasteiger partial charge in [-0.05, 0) is 69.5 Å². The van der Waals surface area contributed by atoms with Crippen molar-refractivity contribution in [1.82, 2.24) is 15.5 Å². The highest BCUT2D eigenvalue weighted by Gasteiger charge is 2.40. The lowest BCUT2D eigenvalue weighted by Gasteiger charge is -2.39. The van der Waals surface area contributed by atoms with Crippen LogP contribution < -0.4 is 16.0 Å². The van der Waals surface area contributed by atoms with Crippen LogP contribution in [0.1, 0.15) is 62.2 Å². The Morgan fingerprint density at radius 1 is 1.00 bits per heavy atom. The number of amides is 3. The van der Waals surface area contributed by atoms with E-state index in [0.717, 1.165) is 19.5 Å². The summed E-state index contributed by atoms with van der Waals surface area (Å²) >= 11 is 0. The van der Waals surface area contributed by atoms with E-state index in [1.807, 2.05) is 6.92 Å². The molecule has 1 aromatic carbocycles. The van der Waals surface area contributed by atoms with Gasteiger partial charge in [0.1, 0.15) is 0 Å². The first-order valence-corrected chi connectivity index (χ1v) is 10.3. The van der Waals surface area contributed by atoms with Gasteiger partial charge in [-0.25, -0.2) is 4.79 Å². The Bertz CT molecular complexity index is 632. The van der Waals surface area contributed by atoms with E-state index >= 15 is 0 Å². The molecule has 0 radical (unpaired) electrons. The summed E-state index contributed by atoms with van der Waals surface area (Å²) < 4.78 is 0. The smallest absolute Gasteiger partial charge is 0.319 e. The molecule has 0 unspecified atom stereocenters. The van der Waals surface area contributed by atoms with Gasteiger partial charge in [0.25, 0.3) is 5.91 Å². The molecule has 148 valence electrons. The van der Waals surface area contributed by atoms with E-state index in [2.05, 4.69) is 20.9 Å². The molecule has 3 N–H and O–H groups in total. The summed E-state index contributed by atoms with van der Waals surface area (Å²) in [5, 5.41) is 8.82. The minimum Gasteiger partial charge on any atom is -0.352 e. The number of nitrogens with one attached hydrogen (secondary N) is 3. The lowest BCUT2D eigenvalue weighted by molar-refractivity contribution is 0.0953. The molecule has 0 spiro atoms. The van der Waals surface area contributed by atoms with Gasteiger partial charge in [0.2, 0.25) is 0 Å². The monoisotopic (exact) mass is 372 g/mol. The molecule has 0 aromatic heterocycles. The summed E-state index contributed by atoms with van der Waals surface area (Å²) in [6, 6.07) is 6.84. The molecule has 0 atom stereocenters. The van der Waals surface area contributed by atoms with Gasteiger partial charge in [-0.15, -0.1) is 0 Å². The maximum atomic E-state index is 12.4. The summed E-state index contributed by atoms with van der Waals surface area (Å²) in [5.41, 5.74) is 1.45. The van der Waals surface area contributed by atoms with Crippen LogP contribution in [0.5, 0.6) is 0 Å². The summed E-state index contributed by atoms with van der Waals surface area (Å²) in [5.74, 6) is -0.0818. The van der Waals surface area contributed by atoms with E-state index in [-0.39, 0.29) is 17.5 Å². The van der Waals surface area contributed by atoms with Crippen molar-refractivity contribution >= 4 is 17.6 Å². The van der Waals surface area contributed by atoms with E-state index in [1.165, 1.54) is 38.5 Å². The summed E-state index contributed by atoms with van der Waals surface area (Å²) in [7, 11) is 0. The molecule has 1 heterocycles. The summed E-state index contributed by atoms with van der Waals surface area (Å²) in [6.45, 7) is 5.71. The second-order valence-corrected chi connectivity index (χ2v) is 7.77. The lowest BCUT2D eigenvalue weighted by atomic mass is 9.95. The Morgan fingerprint density at radius 2 is 1.67 bits per heavy atom. The van der Waals surface area contributed by atoms with Gasteiger partial charge in [0.15, 0.2) is 0 Å². The predicted molar refractivity (Wildman–Crippen MR) is 108 cm³/mol. The second-order valence-electron chi connectivity index (χ2n) is 7.77. The van der Waals surface area contributed by atoms with Gasteiger partial charge >= 0.3 is 6.03 Å². The molecule has 6 nitrogen and oxygen atoms in total. The molecule has 1 aliphatic heterocycles. The van der Waals surface area contributed by atoms with Crippen LogP contribution in [0.15, 0.2) is 24.3 Å². The Morgan fingerprint density at radius 3 is 2.30 bits per heavy atom. The number of urea groups is 1. The number of likely N-dealkylation sites (tertiary alicyclic amines) is 1. The average Bonchev–Trinajstić information content (AvgIpc) is 3.37. The highest BCUT2D eigenvalue weighted by atomic mass is 16.2. The second kappa shape index (κ2) is 9.22. The van der Waals surface area contributed by atoms with Crippen LogP contribution in [0.25, 0.3) is 0 Å². The fourth-order valence-corrected chi connectivity index (χ4v) is 4.30. The number of anilines is 1. The first-order valence-electron chi connectivity index (χ1n) is 10.3. The molecule has 27 heavy (non-hydrogen) atoms. The zero-order valence-electron chi connectivity index (χ0n) is 16.4. The first-order chi connectivity index (χ1) is 13.1. The van der Waals surface area contributed by atoms with Crippen LogP contribution in [0.3, 0.4) is 0 Å². The zero-order chi connectivity index (χ0) is 19.1. The quantitative estimate of drug-likeness (QED) is 0.687. The highest BCUT2D eigenvalue weighted by molar-refractivity contribution is 5.95. The maximum Gasteiger partial charge on any atom is 0.319 e. The van der Waals surface area contributed by atoms with Gasteiger partial charge in [0.05, 0.1) is 0 Å². The van der Waals surface area contributed by atoms with E-state index < -0.39 is 0 Å². The average molecular weight is 373 g/mol. The van der Waals surface area contributed by atoms with Crippen molar-refractivity contribution in [3.05, 3.63) is 29.8 Å². The molecule has 1 saturated heterocycles. The van der Waals surface area contributed by atoms with Crippen molar-refractivity contribution in [2.24, 2.45) is 0 Å². The molecule has 6 heteroatoms. The van der Waals surface area contributed by atoms with Gasteiger partial charge in [0, 0.05) is 29.9 Å². The Labute approximate surface area is 162 Å². The van der Waals surface area contributed by atoms with E-state index in [1.54, 1.807) is 24.3 Å². The van der Waals surface area contributed by atoms with Gasteiger partial charge in [-0.3, -0.25) is 9.69 Å². The number of hydrogen-bond acceptors (Lipinski definition) is 3. The molecule has 1 saturated carbocycles. The Kier molecular flexibility index (Phi) is 6.72. The standard InChI is InChI=1S/C21H32N4O2/c1-2-13-22-19(26)17-7-9-18(10-8-17)24-20(27)23-16-21(11-3-4-12-21)25-14-5-6-15-25/h7-10H,2-6,11-16H2,1H3,(H,22,26)(H2,23,24,27). The maximum absolute atomic E-state index is 12.4. The minimum atomic E-state index is -0.177. The molecule has 2 aliphatic rings. The van der Waals surface area contributed by atoms with E-state index in [9.17, 15) is 9.59 Å². The minimum absolute atomic E-state index is 0.0818. The fourth-order valence-electron chi connectivity index (χ4n) is 4.30. The number of benzene rings is 1. The van der Waals surface area contributed by atoms with Crippen molar-refractivity contribution in [2.75, 3.05) is 31.5 Å². The van der Waals surface area contributed by atoms with Crippen molar-refractivity contribution in [2.45, 2.75) is 57.4 Å². The number of carbonyl (C=O) groups is 2. The molecular weight excluding hydrogens is 340 g/mol. The van der Waals surface area contributed by atoms with Gasteiger partial charge in [-0.1, -0.05) is 19.8 Å². The third-order valence-corrected chi connectivity index (χ3v) is 5.83. The third kappa shape index (κ3) is 5.01. The van der Waals surface area contributed by atoms with Crippen LogP contribution in [0.2, 0.25) is 0 Å². The number of hydrogen-bond donors (Lipinski definition) is 3. The van der Waals surface area contributed by atoms with Gasteiger partial charge in [-0.2, -0.15) is 0 Å². The number of carbonyl (C=O) groups excluding carboxylic acids is 2. The first kappa shape index (κ1) is 19.7. The SMILES string of the molecule is CCCNC(=O)c1ccc(NC(=O)NCC2(N3CCCC3)CCCC2)cc1. The Hall–Kier alpha value is -2.08. The summed E-state index contributed by atoms with van der Waals surface area (Å²) in [6.07, 6.45) is 8.30. The Balaban J connectivity index is 1.50. The van der Waals surface area contributed by atoms with Crippen molar-refractivity contribution in [3.63, 3.8) is 0 Å². The molecule has 3 amide bonds. The molecule has 2 fully saturated rings.